The van der Waals surface area contributed by atoms with Crippen LogP contribution in [0.15, 0.2) is 12.7 Å². The lowest BCUT2D eigenvalue weighted by molar-refractivity contribution is 0.214. The molecule has 0 aliphatic rings. The van der Waals surface area contributed by atoms with Crippen molar-refractivity contribution in [2.75, 3.05) is 6.61 Å². The highest BCUT2D eigenvalue weighted by Crippen LogP contribution is 1.87. The zero-order valence-corrected chi connectivity index (χ0v) is 4.68. The Bertz CT molecular complexity index is 41.4. The monoisotopic (exact) mass is 99.1 g/mol. The SMILES string of the molecule is C=CC[CH]OCC. The molecule has 0 aliphatic carbocycles. The standard InChI is InChI=1S/C6H11O/c1-3-5-6-7-4-2/h3,6H,1,4-5H2,2H3. The van der Waals surface area contributed by atoms with Gasteiger partial charge in [-0.2, -0.15) is 0 Å². The number of hydrogen-bond acceptors (Lipinski definition) is 1. The summed E-state index contributed by atoms with van der Waals surface area (Å²) in [6, 6.07) is 0. The highest BCUT2D eigenvalue weighted by molar-refractivity contribution is 4.70. The molecule has 0 spiro atoms. The van der Waals surface area contributed by atoms with Gasteiger partial charge in [-0.15, -0.1) is 6.58 Å². The van der Waals surface area contributed by atoms with Crippen molar-refractivity contribution in [1.82, 2.24) is 0 Å². The van der Waals surface area contributed by atoms with E-state index in [-0.39, 0.29) is 0 Å². The van der Waals surface area contributed by atoms with Gasteiger partial charge in [0.2, 0.25) is 0 Å². The minimum Gasteiger partial charge on any atom is -0.375 e. The molecule has 0 N–H and O–H groups in total. The molecule has 1 heteroatoms. The van der Waals surface area contributed by atoms with Crippen LogP contribution in [0.1, 0.15) is 13.3 Å². The number of hydrogen-bond donors (Lipinski definition) is 0. The molecule has 0 heterocycles. The van der Waals surface area contributed by atoms with Crippen LogP contribution in [0.2, 0.25) is 0 Å². The molecule has 0 atom stereocenters. The molecule has 0 aromatic rings. The van der Waals surface area contributed by atoms with E-state index in [0.717, 1.165) is 13.0 Å². The van der Waals surface area contributed by atoms with Crippen LogP contribution < -0.4 is 0 Å². The Morgan fingerprint density at radius 1 is 1.71 bits per heavy atom. The van der Waals surface area contributed by atoms with Crippen molar-refractivity contribution in [2.45, 2.75) is 13.3 Å². The van der Waals surface area contributed by atoms with E-state index in [1.54, 1.807) is 12.7 Å². The van der Waals surface area contributed by atoms with Crippen LogP contribution >= 0.6 is 0 Å². The van der Waals surface area contributed by atoms with Crippen molar-refractivity contribution >= 4 is 0 Å². The Labute approximate surface area is 45.0 Å². The van der Waals surface area contributed by atoms with Gasteiger partial charge in [-0.05, 0) is 13.3 Å². The minimum atomic E-state index is 0.758. The molecule has 1 nitrogen and oxygen atoms in total. The molecule has 7 heavy (non-hydrogen) atoms. The lowest BCUT2D eigenvalue weighted by Crippen LogP contribution is -1.82. The van der Waals surface area contributed by atoms with E-state index in [9.17, 15) is 0 Å². The Hall–Kier alpha value is -0.300. The first-order chi connectivity index (χ1) is 3.41. The van der Waals surface area contributed by atoms with Gasteiger partial charge in [-0.3, -0.25) is 0 Å². The average Bonchev–Trinajstić information content (AvgIpc) is 1.69. The van der Waals surface area contributed by atoms with E-state index in [1.165, 1.54) is 0 Å². The Kier molecular flexibility index (Phi) is 5.46. The van der Waals surface area contributed by atoms with Crippen molar-refractivity contribution in [2.24, 2.45) is 0 Å². The summed E-state index contributed by atoms with van der Waals surface area (Å²) in [5.74, 6) is 0. The van der Waals surface area contributed by atoms with E-state index in [1.807, 2.05) is 6.92 Å². The first-order valence-corrected chi connectivity index (χ1v) is 2.46. The van der Waals surface area contributed by atoms with Crippen molar-refractivity contribution in [3.05, 3.63) is 19.3 Å². The normalized spacial score (nSPS) is 8.71. The second-order valence-corrected chi connectivity index (χ2v) is 1.15. The molecule has 0 aromatic heterocycles. The highest BCUT2D eigenvalue weighted by atomic mass is 16.5. The van der Waals surface area contributed by atoms with Gasteiger partial charge in [0, 0.05) is 6.61 Å². The zero-order valence-electron chi connectivity index (χ0n) is 4.68. The fourth-order valence-electron chi connectivity index (χ4n) is 0.254. The van der Waals surface area contributed by atoms with E-state index < -0.39 is 0 Å². The summed E-state index contributed by atoms with van der Waals surface area (Å²) >= 11 is 0. The molecular weight excluding hydrogens is 88.1 g/mol. The molecule has 1 radical (unpaired) electrons. The number of ether oxygens (including phenoxy) is 1. The van der Waals surface area contributed by atoms with Gasteiger partial charge < -0.3 is 4.74 Å². The second kappa shape index (κ2) is 5.70. The van der Waals surface area contributed by atoms with Crippen LogP contribution in [0.5, 0.6) is 0 Å². The fourth-order valence-corrected chi connectivity index (χ4v) is 0.254. The maximum atomic E-state index is 4.88. The maximum Gasteiger partial charge on any atom is 0.0873 e. The van der Waals surface area contributed by atoms with Gasteiger partial charge in [0.15, 0.2) is 0 Å². The molecule has 41 valence electrons. The summed E-state index contributed by atoms with van der Waals surface area (Å²) in [6.07, 6.45) is 2.64. The topological polar surface area (TPSA) is 9.23 Å². The molecule has 0 aliphatic heterocycles. The summed E-state index contributed by atoms with van der Waals surface area (Å²) in [7, 11) is 0. The summed E-state index contributed by atoms with van der Waals surface area (Å²) in [5, 5.41) is 0. The summed E-state index contributed by atoms with van der Waals surface area (Å²) < 4.78 is 4.88. The third kappa shape index (κ3) is 5.70. The van der Waals surface area contributed by atoms with Gasteiger partial charge in [-0.25, -0.2) is 0 Å². The fraction of sp³-hybridized carbons (Fsp3) is 0.500. The molecule has 0 rings (SSSR count). The molecule has 0 saturated carbocycles. The second-order valence-electron chi connectivity index (χ2n) is 1.15. The quantitative estimate of drug-likeness (QED) is 0.385. The van der Waals surface area contributed by atoms with Gasteiger partial charge in [0.25, 0.3) is 0 Å². The predicted octanol–water partition coefficient (Wildman–Crippen LogP) is 1.76. The van der Waals surface area contributed by atoms with Crippen LogP contribution in [0.3, 0.4) is 0 Å². The van der Waals surface area contributed by atoms with E-state index in [0.29, 0.717) is 0 Å². The van der Waals surface area contributed by atoms with Crippen molar-refractivity contribution in [3.63, 3.8) is 0 Å². The van der Waals surface area contributed by atoms with Crippen LogP contribution in [-0.4, -0.2) is 6.61 Å². The molecule has 0 amide bonds. The van der Waals surface area contributed by atoms with Gasteiger partial charge in [0.05, 0.1) is 6.61 Å². The molecular formula is C6H11O. The summed E-state index contributed by atoms with van der Waals surface area (Å²) in [4.78, 5) is 0. The zero-order chi connectivity index (χ0) is 5.54. The van der Waals surface area contributed by atoms with Crippen molar-refractivity contribution < 1.29 is 4.74 Å². The minimum absolute atomic E-state index is 0.758. The highest BCUT2D eigenvalue weighted by Gasteiger charge is 1.76. The molecule has 0 unspecified atom stereocenters. The maximum absolute atomic E-state index is 4.88. The Balaban J connectivity index is 2.56. The van der Waals surface area contributed by atoms with Crippen molar-refractivity contribution in [3.8, 4) is 0 Å². The Morgan fingerprint density at radius 3 is 2.86 bits per heavy atom. The van der Waals surface area contributed by atoms with Crippen LogP contribution in [-0.2, 0) is 4.74 Å². The van der Waals surface area contributed by atoms with Gasteiger partial charge >= 0.3 is 0 Å². The first-order valence-electron chi connectivity index (χ1n) is 2.46. The molecule has 0 saturated heterocycles. The molecule has 0 fully saturated rings. The van der Waals surface area contributed by atoms with Crippen LogP contribution in [0.4, 0.5) is 0 Å². The Morgan fingerprint density at radius 2 is 2.43 bits per heavy atom. The first kappa shape index (κ1) is 6.70. The van der Waals surface area contributed by atoms with Gasteiger partial charge in [-0.1, -0.05) is 6.08 Å². The number of rotatable bonds is 4. The lowest BCUT2D eigenvalue weighted by atomic mass is 10.5. The smallest absolute Gasteiger partial charge is 0.0873 e. The molecule has 0 bridgehead atoms. The van der Waals surface area contributed by atoms with E-state index in [4.69, 9.17) is 4.74 Å². The van der Waals surface area contributed by atoms with Crippen molar-refractivity contribution in [1.29, 1.82) is 0 Å². The van der Waals surface area contributed by atoms with E-state index in [2.05, 4.69) is 6.58 Å². The molecule has 0 aromatic carbocycles. The third-order valence-corrected chi connectivity index (χ3v) is 0.547. The summed E-state index contributed by atoms with van der Waals surface area (Å²) in [6.45, 7) is 7.98. The van der Waals surface area contributed by atoms with E-state index >= 15 is 0 Å². The average molecular weight is 99.2 g/mol. The van der Waals surface area contributed by atoms with Crippen LogP contribution in [0, 0.1) is 6.61 Å². The van der Waals surface area contributed by atoms with Gasteiger partial charge in [0.1, 0.15) is 0 Å². The third-order valence-electron chi connectivity index (χ3n) is 0.547. The predicted molar refractivity (Wildman–Crippen MR) is 30.7 cm³/mol. The largest absolute Gasteiger partial charge is 0.375 e. The van der Waals surface area contributed by atoms with Crippen LogP contribution in [0.25, 0.3) is 0 Å². The summed E-state index contributed by atoms with van der Waals surface area (Å²) in [5.41, 5.74) is 0. The lowest BCUT2D eigenvalue weighted by Gasteiger charge is -1.91.